The van der Waals surface area contributed by atoms with Crippen LogP contribution in [-0.2, 0) is 27.2 Å². The van der Waals surface area contributed by atoms with Crippen LogP contribution in [0.25, 0.3) is 0 Å². The molecule has 1 aromatic heterocycles. The van der Waals surface area contributed by atoms with Gasteiger partial charge in [0.1, 0.15) is 6.61 Å². The second-order valence-electron chi connectivity index (χ2n) is 3.54. The largest absolute Gasteiger partial charge is 0.382 e. The van der Waals surface area contributed by atoms with Gasteiger partial charge in [0.15, 0.2) is 0 Å². The zero-order chi connectivity index (χ0) is 12.5. The van der Waals surface area contributed by atoms with Crippen molar-refractivity contribution < 1.29 is 14.3 Å². The number of hydrogen-bond acceptors (Lipinski definition) is 4. The lowest BCUT2D eigenvalue weighted by atomic mass is 10.3. The van der Waals surface area contributed by atoms with Gasteiger partial charge in [-0.3, -0.25) is 4.79 Å². The molecule has 0 aliphatic rings. The van der Waals surface area contributed by atoms with Gasteiger partial charge in [0.05, 0.1) is 19.8 Å². The first-order valence-corrected chi connectivity index (χ1v) is 6.49. The summed E-state index contributed by atoms with van der Waals surface area (Å²) in [6.07, 6.45) is 1.04. The second-order valence-corrected chi connectivity index (χ2v) is 4.80. The first kappa shape index (κ1) is 14.2. The lowest BCUT2D eigenvalue weighted by Gasteiger charge is -2.04. The van der Waals surface area contributed by atoms with Crippen LogP contribution in [0.15, 0.2) is 12.1 Å². The molecule has 0 radical (unpaired) electrons. The van der Waals surface area contributed by atoms with E-state index in [1.165, 1.54) is 9.75 Å². The molecule has 1 heterocycles. The molecule has 0 bridgehead atoms. The number of ether oxygens (including phenoxy) is 2. The predicted molar refractivity (Wildman–Crippen MR) is 68.2 cm³/mol. The van der Waals surface area contributed by atoms with Crippen LogP contribution in [0.5, 0.6) is 0 Å². The lowest BCUT2D eigenvalue weighted by Crippen LogP contribution is -2.27. The summed E-state index contributed by atoms with van der Waals surface area (Å²) in [5.74, 6) is -0.0902. The zero-order valence-corrected chi connectivity index (χ0v) is 11.1. The number of aryl methyl sites for hydroxylation is 1. The van der Waals surface area contributed by atoms with Crippen molar-refractivity contribution in [3.05, 3.63) is 21.9 Å². The Morgan fingerprint density at radius 3 is 2.76 bits per heavy atom. The normalized spacial score (nSPS) is 10.5. The molecule has 1 amide bonds. The molecule has 1 rings (SSSR count). The smallest absolute Gasteiger partial charge is 0.246 e. The molecular formula is C12H19NO3S. The average molecular weight is 257 g/mol. The minimum Gasteiger partial charge on any atom is -0.382 e. The van der Waals surface area contributed by atoms with Crippen LogP contribution >= 0.6 is 11.3 Å². The van der Waals surface area contributed by atoms with Crippen molar-refractivity contribution in [2.45, 2.75) is 19.9 Å². The summed E-state index contributed by atoms with van der Waals surface area (Å²) in [7, 11) is 1.60. The number of methoxy groups -OCH3 is 1. The topological polar surface area (TPSA) is 47.6 Å². The molecule has 0 fully saturated rings. The minimum absolute atomic E-state index is 0.0902. The molecule has 1 aromatic rings. The molecule has 0 aliphatic heterocycles. The molecule has 0 saturated heterocycles. The molecule has 17 heavy (non-hydrogen) atoms. The maximum absolute atomic E-state index is 11.4. The van der Waals surface area contributed by atoms with Crippen molar-refractivity contribution in [2.75, 3.05) is 26.9 Å². The van der Waals surface area contributed by atoms with Gasteiger partial charge in [-0.15, -0.1) is 11.3 Å². The SMILES string of the molecule is CCc1ccc(CNC(=O)COCCOC)s1. The quantitative estimate of drug-likeness (QED) is 0.719. The number of carbonyl (C=O) groups excluding carboxylic acids is 1. The highest BCUT2D eigenvalue weighted by Crippen LogP contribution is 2.16. The van der Waals surface area contributed by atoms with E-state index >= 15 is 0 Å². The maximum Gasteiger partial charge on any atom is 0.246 e. The monoisotopic (exact) mass is 257 g/mol. The number of thiophene rings is 1. The fraction of sp³-hybridized carbons (Fsp3) is 0.583. The van der Waals surface area contributed by atoms with Crippen LogP contribution in [0, 0.1) is 0 Å². The summed E-state index contributed by atoms with van der Waals surface area (Å²) in [4.78, 5) is 13.9. The molecule has 0 spiro atoms. The molecule has 0 aliphatic carbocycles. The van der Waals surface area contributed by atoms with Gasteiger partial charge in [-0.2, -0.15) is 0 Å². The van der Waals surface area contributed by atoms with Gasteiger partial charge in [-0.25, -0.2) is 0 Å². The molecule has 0 aromatic carbocycles. The van der Waals surface area contributed by atoms with Gasteiger partial charge in [0.25, 0.3) is 0 Å². The molecule has 96 valence electrons. The summed E-state index contributed by atoms with van der Waals surface area (Å²) in [6, 6.07) is 4.15. The van der Waals surface area contributed by atoms with E-state index in [1.54, 1.807) is 18.4 Å². The number of carbonyl (C=O) groups is 1. The number of hydrogen-bond donors (Lipinski definition) is 1. The van der Waals surface area contributed by atoms with Crippen LogP contribution in [-0.4, -0.2) is 32.8 Å². The van der Waals surface area contributed by atoms with Crippen LogP contribution in [0.4, 0.5) is 0 Å². The van der Waals surface area contributed by atoms with E-state index in [0.29, 0.717) is 19.8 Å². The molecule has 5 heteroatoms. The molecule has 1 N–H and O–H groups in total. The summed E-state index contributed by atoms with van der Waals surface area (Å²) >= 11 is 1.73. The predicted octanol–water partition coefficient (Wildman–Crippen LogP) is 1.59. The van der Waals surface area contributed by atoms with Gasteiger partial charge < -0.3 is 14.8 Å². The highest BCUT2D eigenvalue weighted by atomic mass is 32.1. The Morgan fingerprint density at radius 2 is 2.12 bits per heavy atom. The zero-order valence-electron chi connectivity index (χ0n) is 10.3. The number of amides is 1. The van der Waals surface area contributed by atoms with Crippen molar-refractivity contribution in [1.29, 1.82) is 0 Å². The van der Waals surface area contributed by atoms with Crippen molar-refractivity contribution >= 4 is 17.2 Å². The summed E-state index contributed by atoms with van der Waals surface area (Å²) < 4.78 is 9.93. The van der Waals surface area contributed by atoms with Gasteiger partial charge in [0.2, 0.25) is 5.91 Å². The Bertz CT molecular complexity index is 338. The molecule has 0 saturated carbocycles. The summed E-state index contributed by atoms with van der Waals surface area (Å²) in [5.41, 5.74) is 0. The van der Waals surface area contributed by atoms with Crippen molar-refractivity contribution in [3.63, 3.8) is 0 Å². The third-order valence-electron chi connectivity index (χ3n) is 2.19. The van der Waals surface area contributed by atoms with E-state index in [0.717, 1.165) is 6.42 Å². The fourth-order valence-corrected chi connectivity index (χ4v) is 2.15. The first-order valence-electron chi connectivity index (χ1n) is 5.67. The van der Waals surface area contributed by atoms with E-state index < -0.39 is 0 Å². The van der Waals surface area contributed by atoms with Gasteiger partial charge in [-0.1, -0.05) is 6.92 Å². The van der Waals surface area contributed by atoms with Gasteiger partial charge in [-0.05, 0) is 18.6 Å². The third kappa shape index (κ3) is 5.81. The van der Waals surface area contributed by atoms with E-state index in [9.17, 15) is 4.79 Å². The van der Waals surface area contributed by atoms with Gasteiger partial charge >= 0.3 is 0 Å². The van der Waals surface area contributed by atoms with Crippen molar-refractivity contribution in [2.24, 2.45) is 0 Å². The highest BCUT2D eigenvalue weighted by Gasteiger charge is 2.03. The number of rotatable bonds is 8. The Balaban J connectivity index is 2.14. The number of nitrogens with one attached hydrogen (secondary N) is 1. The molecule has 0 atom stereocenters. The molecule has 0 unspecified atom stereocenters. The Labute approximate surface area is 106 Å². The van der Waals surface area contributed by atoms with Crippen LogP contribution in [0.2, 0.25) is 0 Å². The van der Waals surface area contributed by atoms with Crippen LogP contribution in [0.3, 0.4) is 0 Å². The standard InChI is InChI=1S/C12H19NO3S/c1-3-10-4-5-11(17-10)8-13-12(14)9-16-7-6-15-2/h4-5H,3,6-9H2,1-2H3,(H,13,14). The average Bonchev–Trinajstić information content (AvgIpc) is 2.80. The van der Waals surface area contributed by atoms with Crippen LogP contribution < -0.4 is 5.32 Å². The molecular weight excluding hydrogens is 238 g/mol. The van der Waals surface area contributed by atoms with Crippen LogP contribution in [0.1, 0.15) is 16.7 Å². The summed E-state index contributed by atoms with van der Waals surface area (Å²) in [6.45, 7) is 3.76. The maximum atomic E-state index is 11.4. The van der Waals surface area contributed by atoms with E-state index in [-0.39, 0.29) is 12.5 Å². The second kappa shape index (κ2) is 8.22. The minimum atomic E-state index is -0.0902. The Hall–Kier alpha value is -0.910. The Kier molecular flexibility index (Phi) is 6.84. The van der Waals surface area contributed by atoms with Crippen molar-refractivity contribution in [1.82, 2.24) is 5.32 Å². The fourth-order valence-electron chi connectivity index (χ4n) is 1.25. The highest BCUT2D eigenvalue weighted by molar-refractivity contribution is 7.11. The van der Waals surface area contributed by atoms with E-state index in [1.807, 2.05) is 0 Å². The third-order valence-corrected chi connectivity index (χ3v) is 3.42. The summed E-state index contributed by atoms with van der Waals surface area (Å²) in [5, 5.41) is 2.82. The lowest BCUT2D eigenvalue weighted by molar-refractivity contribution is -0.126. The molecule has 4 nitrogen and oxygen atoms in total. The van der Waals surface area contributed by atoms with E-state index in [2.05, 4.69) is 24.4 Å². The van der Waals surface area contributed by atoms with E-state index in [4.69, 9.17) is 9.47 Å². The van der Waals surface area contributed by atoms with Gasteiger partial charge in [0, 0.05) is 16.9 Å². The Morgan fingerprint density at radius 1 is 1.35 bits per heavy atom. The van der Waals surface area contributed by atoms with Crippen molar-refractivity contribution in [3.8, 4) is 0 Å². The first-order chi connectivity index (χ1) is 8.26.